The first-order valence-corrected chi connectivity index (χ1v) is 8.77. The number of benzene rings is 3. The molecule has 0 amide bonds. The van der Waals surface area contributed by atoms with E-state index < -0.39 is 23.5 Å². The summed E-state index contributed by atoms with van der Waals surface area (Å²) in [7, 11) is 0. The molecular formula is C19H14BrClF2O2. The van der Waals surface area contributed by atoms with Gasteiger partial charge in [-0.1, -0.05) is 51.8 Å². The highest BCUT2D eigenvalue weighted by molar-refractivity contribution is 9.10. The largest absolute Gasteiger partial charge is 0.488 e. The molecule has 0 heterocycles. The molecule has 1 N–H and O–H groups in total. The van der Waals surface area contributed by atoms with Gasteiger partial charge in [-0.2, -0.15) is 0 Å². The van der Waals surface area contributed by atoms with Gasteiger partial charge in [-0.05, 0) is 36.1 Å². The van der Waals surface area contributed by atoms with Crippen LogP contribution in [-0.2, 0) is 0 Å². The lowest BCUT2D eigenvalue weighted by Crippen LogP contribution is -2.05. The minimum absolute atomic E-state index is 0.0579. The van der Waals surface area contributed by atoms with E-state index in [-0.39, 0.29) is 12.2 Å². The van der Waals surface area contributed by atoms with Gasteiger partial charge in [0.2, 0.25) is 0 Å². The number of fused-ring (bicyclic) bond motifs is 1. The van der Waals surface area contributed by atoms with Crippen LogP contribution in [0.2, 0.25) is 5.02 Å². The van der Waals surface area contributed by atoms with Crippen molar-refractivity contribution in [1.82, 2.24) is 0 Å². The van der Waals surface area contributed by atoms with Crippen LogP contribution in [0.4, 0.5) is 8.78 Å². The fraction of sp³-hybridized carbons (Fsp3) is 0.158. The zero-order chi connectivity index (χ0) is 18.1. The van der Waals surface area contributed by atoms with E-state index in [1.54, 1.807) is 13.0 Å². The van der Waals surface area contributed by atoms with Crippen molar-refractivity contribution in [3.05, 3.63) is 74.7 Å². The molecule has 1 unspecified atom stereocenters. The Morgan fingerprint density at radius 2 is 1.72 bits per heavy atom. The quantitative estimate of drug-likeness (QED) is 0.552. The molecule has 0 aliphatic rings. The number of aliphatic hydroxyl groups excluding tert-OH is 1. The molecule has 25 heavy (non-hydrogen) atoms. The Morgan fingerprint density at radius 3 is 2.32 bits per heavy atom. The first kappa shape index (κ1) is 18.1. The van der Waals surface area contributed by atoms with Gasteiger partial charge in [0.1, 0.15) is 6.10 Å². The Hall–Kier alpha value is -1.69. The summed E-state index contributed by atoms with van der Waals surface area (Å²) in [5.74, 6) is -2.19. The molecule has 0 bridgehead atoms. The number of ether oxygens (including phenoxy) is 1. The summed E-state index contributed by atoms with van der Waals surface area (Å²) in [6, 6.07) is 11.2. The molecular weight excluding hydrogens is 414 g/mol. The SMILES string of the molecule is CCOc1c(F)cc(C(O)c2cc(Br)c3ccccc3c2Cl)cc1F. The molecule has 2 nitrogen and oxygen atoms in total. The van der Waals surface area contributed by atoms with Gasteiger partial charge in [-0.15, -0.1) is 0 Å². The maximum absolute atomic E-state index is 14.1. The lowest BCUT2D eigenvalue weighted by atomic mass is 9.98. The average Bonchev–Trinajstić information content (AvgIpc) is 2.60. The first-order chi connectivity index (χ1) is 11.9. The molecule has 0 saturated heterocycles. The molecule has 0 aromatic heterocycles. The number of rotatable bonds is 4. The highest BCUT2D eigenvalue weighted by Gasteiger charge is 2.21. The van der Waals surface area contributed by atoms with Crippen LogP contribution in [0.5, 0.6) is 5.75 Å². The third-order valence-corrected chi connectivity index (χ3v) is 4.95. The molecule has 3 aromatic carbocycles. The second-order valence-electron chi connectivity index (χ2n) is 5.46. The molecule has 1 atom stereocenters. The van der Waals surface area contributed by atoms with Gasteiger partial charge in [0.05, 0.1) is 11.6 Å². The predicted molar refractivity (Wildman–Crippen MR) is 98.2 cm³/mol. The summed E-state index contributed by atoms with van der Waals surface area (Å²) in [5, 5.41) is 12.6. The number of hydrogen-bond acceptors (Lipinski definition) is 2. The van der Waals surface area contributed by atoms with E-state index in [0.717, 1.165) is 27.4 Å². The summed E-state index contributed by atoms with van der Waals surface area (Å²) in [4.78, 5) is 0. The molecule has 3 aromatic rings. The second-order valence-corrected chi connectivity index (χ2v) is 6.69. The van der Waals surface area contributed by atoms with Gasteiger partial charge >= 0.3 is 0 Å². The number of halogens is 4. The van der Waals surface area contributed by atoms with Gasteiger partial charge in [-0.25, -0.2) is 8.78 Å². The molecule has 0 aliphatic heterocycles. The van der Waals surface area contributed by atoms with E-state index in [1.165, 1.54) is 0 Å². The number of aliphatic hydroxyl groups is 1. The van der Waals surface area contributed by atoms with Crippen molar-refractivity contribution in [3.8, 4) is 5.75 Å². The van der Waals surface area contributed by atoms with E-state index in [1.807, 2.05) is 24.3 Å². The van der Waals surface area contributed by atoms with E-state index >= 15 is 0 Å². The van der Waals surface area contributed by atoms with Gasteiger partial charge in [-0.3, -0.25) is 0 Å². The van der Waals surface area contributed by atoms with Crippen molar-refractivity contribution in [3.63, 3.8) is 0 Å². The van der Waals surface area contributed by atoms with Crippen LogP contribution in [0.25, 0.3) is 10.8 Å². The minimum atomic E-state index is -1.28. The Morgan fingerprint density at radius 1 is 1.12 bits per heavy atom. The summed E-state index contributed by atoms with van der Waals surface area (Å²) >= 11 is 9.87. The number of hydrogen-bond donors (Lipinski definition) is 1. The topological polar surface area (TPSA) is 29.5 Å². The molecule has 0 radical (unpaired) electrons. The van der Waals surface area contributed by atoms with Crippen molar-refractivity contribution >= 4 is 38.3 Å². The minimum Gasteiger partial charge on any atom is -0.488 e. The van der Waals surface area contributed by atoms with E-state index in [9.17, 15) is 13.9 Å². The molecule has 130 valence electrons. The van der Waals surface area contributed by atoms with Gasteiger partial charge in [0, 0.05) is 15.4 Å². The van der Waals surface area contributed by atoms with Crippen LogP contribution in [0.1, 0.15) is 24.2 Å². The summed E-state index contributed by atoms with van der Waals surface area (Å²) < 4.78 is 33.9. The molecule has 0 fully saturated rings. The fourth-order valence-corrected chi connectivity index (χ4v) is 3.63. The van der Waals surface area contributed by atoms with Crippen LogP contribution in [0.15, 0.2) is 46.9 Å². The lowest BCUT2D eigenvalue weighted by Gasteiger charge is -2.17. The standard InChI is InChI=1S/C19H14BrClF2O2/c1-2-25-19-15(22)7-10(8-16(19)23)18(24)13-9-14(20)11-5-3-4-6-12(11)17(13)21/h3-9,18,24H,2H2,1H3. The zero-order valence-corrected chi connectivity index (χ0v) is 15.5. The maximum Gasteiger partial charge on any atom is 0.190 e. The summed E-state index contributed by atoms with van der Waals surface area (Å²) in [6.45, 7) is 1.77. The predicted octanol–water partition coefficient (Wildman–Crippen LogP) is 6.01. The van der Waals surface area contributed by atoms with Crippen LogP contribution in [0.3, 0.4) is 0 Å². The molecule has 0 saturated carbocycles. The van der Waals surface area contributed by atoms with Crippen LogP contribution >= 0.6 is 27.5 Å². The van der Waals surface area contributed by atoms with E-state index in [4.69, 9.17) is 16.3 Å². The van der Waals surface area contributed by atoms with Crippen molar-refractivity contribution < 1.29 is 18.6 Å². The summed E-state index contributed by atoms with van der Waals surface area (Å²) in [5.41, 5.74) is 0.415. The maximum atomic E-state index is 14.1. The van der Waals surface area contributed by atoms with Crippen LogP contribution in [-0.4, -0.2) is 11.7 Å². The highest BCUT2D eigenvalue weighted by atomic mass is 79.9. The second kappa shape index (κ2) is 7.28. The van der Waals surface area contributed by atoms with E-state index in [2.05, 4.69) is 15.9 Å². The third kappa shape index (κ3) is 3.36. The average molecular weight is 428 g/mol. The van der Waals surface area contributed by atoms with Gasteiger partial charge in [0.25, 0.3) is 0 Å². The van der Waals surface area contributed by atoms with Crippen molar-refractivity contribution in [2.75, 3.05) is 6.61 Å². The summed E-state index contributed by atoms with van der Waals surface area (Å²) in [6.07, 6.45) is -1.28. The van der Waals surface area contributed by atoms with Crippen LogP contribution in [0, 0.1) is 11.6 Å². The molecule has 6 heteroatoms. The smallest absolute Gasteiger partial charge is 0.190 e. The Kier molecular flexibility index (Phi) is 5.27. The monoisotopic (exact) mass is 426 g/mol. The van der Waals surface area contributed by atoms with Gasteiger partial charge in [0.15, 0.2) is 17.4 Å². The normalized spacial score (nSPS) is 12.4. The highest BCUT2D eigenvalue weighted by Crippen LogP contribution is 2.39. The third-order valence-electron chi connectivity index (χ3n) is 3.88. The van der Waals surface area contributed by atoms with Crippen molar-refractivity contribution in [2.24, 2.45) is 0 Å². The van der Waals surface area contributed by atoms with E-state index in [0.29, 0.717) is 10.6 Å². The Balaban J connectivity index is 2.11. The molecule has 0 spiro atoms. The van der Waals surface area contributed by atoms with Crippen molar-refractivity contribution in [1.29, 1.82) is 0 Å². The Bertz CT molecular complexity index is 923. The molecule has 3 rings (SSSR count). The Labute approximate surface area is 157 Å². The zero-order valence-electron chi connectivity index (χ0n) is 13.2. The van der Waals surface area contributed by atoms with Crippen molar-refractivity contribution in [2.45, 2.75) is 13.0 Å². The molecule has 0 aliphatic carbocycles. The fourth-order valence-electron chi connectivity index (χ4n) is 2.71. The van der Waals surface area contributed by atoms with Crippen LogP contribution < -0.4 is 4.74 Å². The van der Waals surface area contributed by atoms with Gasteiger partial charge < -0.3 is 9.84 Å². The first-order valence-electron chi connectivity index (χ1n) is 7.60. The lowest BCUT2D eigenvalue weighted by molar-refractivity contribution is 0.218.